The summed E-state index contributed by atoms with van der Waals surface area (Å²) in [5.74, 6) is 0.141. The van der Waals surface area contributed by atoms with Crippen LogP contribution in [-0.4, -0.2) is 15.8 Å². The largest absolute Gasteiger partial charge is 0.465 e. The molecule has 0 N–H and O–H groups in total. The van der Waals surface area contributed by atoms with Crippen LogP contribution >= 0.6 is 31.9 Å². The molecule has 1 saturated carbocycles. The van der Waals surface area contributed by atoms with Gasteiger partial charge < -0.3 is 4.74 Å². The molecule has 0 spiro atoms. The smallest absolute Gasteiger partial charge is 0.302 e. The Labute approximate surface area is 89.3 Å². The molecule has 0 aromatic rings. The number of alkyl halides is 2. The second kappa shape index (κ2) is 2.98. The van der Waals surface area contributed by atoms with Gasteiger partial charge in [-0.25, -0.2) is 0 Å². The second-order valence-corrected chi connectivity index (χ2v) is 7.27. The van der Waals surface area contributed by atoms with E-state index in [-0.39, 0.29) is 14.6 Å². The van der Waals surface area contributed by atoms with E-state index in [2.05, 4.69) is 45.7 Å². The number of ether oxygens (including phenoxy) is 1. The van der Waals surface area contributed by atoms with Gasteiger partial charge in [0, 0.05) is 12.8 Å². The van der Waals surface area contributed by atoms with Gasteiger partial charge in [0.2, 0.25) is 0 Å². The normalized spacial score (nSPS) is 29.6. The van der Waals surface area contributed by atoms with Crippen molar-refractivity contribution in [1.82, 2.24) is 0 Å². The highest BCUT2D eigenvalue weighted by Crippen LogP contribution is 2.70. The Morgan fingerprint density at radius 1 is 1.50 bits per heavy atom. The maximum atomic E-state index is 10.5. The average Bonchev–Trinajstić information content (AvgIpc) is 2.21. The summed E-state index contributed by atoms with van der Waals surface area (Å²) in [7, 11) is 0. The van der Waals surface area contributed by atoms with Gasteiger partial charge >= 0.3 is 5.97 Å². The Balaban J connectivity index is 2.44. The molecule has 4 heteroatoms. The predicted octanol–water partition coefficient (Wildman–Crippen LogP) is 2.69. The first-order chi connectivity index (χ1) is 5.30. The van der Waals surface area contributed by atoms with Crippen LogP contribution in [0.2, 0.25) is 0 Å². The molecule has 70 valence electrons. The molecule has 12 heavy (non-hydrogen) atoms. The molecule has 0 bridgehead atoms. The molecule has 0 aromatic carbocycles. The fourth-order valence-electron chi connectivity index (χ4n) is 1.27. The van der Waals surface area contributed by atoms with E-state index >= 15 is 0 Å². The number of esters is 1. The van der Waals surface area contributed by atoms with Gasteiger partial charge in [0.15, 0.2) is 0 Å². The zero-order valence-electron chi connectivity index (χ0n) is 7.36. The minimum absolute atomic E-state index is 0.0531. The van der Waals surface area contributed by atoms with Crippen LogP contribution in [0.1, 0.15) is 20.8 Å². The standard InChI is InChI=1S/C8H12Br2O2/c1-5(11)12-4-6-7(2,3)8(6,9)10/h6H,4H2,1-3H3. The van der Waals surface area contributed by atoms with E-state index in [9.17, 15) is 4.79 Å². The van der Waals surface area contributed by atoms with Gasteiger partial charge in [-0.2, -0.15) is 0 Å². The van der Waals surface area contributed by atoms with Gasteiger partial charge in [0.1, 0.15) is 0 Å². The SMILES string of the molecule is CC(=O)OCC1C(C)(C)C1(Br)Br. The Morgan fingerprint density at radius 3 is 2.17 bits per heavy atom. The third kappa shape index (κ3) is 1.55. The first-order valence-corrected chi connectivity index (χ1v) is 5.40. The van der Waals surface area contributed by atoms with E-state index in [1.807, 2.05) is 0 Å². The number of halogens is 2. The van der Waals surface area contributed by atoms with Crippen LogP contribution in [0.3, 0.4) is 0 Å². The molecule has 1 aliphatic carbocycles. The summed E-state index contributed by atoms with van der Waals surface area (Å²) in [6, 6.07) is 0. The van der Waals surface area contributed by atoms with Gasteiger partial charge in [-0.15, -0.1) is 0 Å². The Bertz CT molecular complexity index is 197. The van der Waals surface area contributed by atoms with Gasteiger partial charge in [0.05, 0.1) is 9.84 Å². The molecular weight excluding hydrogens is 288 g/mol. The number of hydrogen-bond acceptors (Lipinski definition) is 2. The minimum atomic E-state index is -0.214. The highest BCUT2D eigenvalue weighted by atomic mass is 79.9. The lowest BCUT2D eigenvalue weighted by molar-refractivity contribution is -0.141. The molecule has 0 aromatic heterocycles. The molecule has 1 unspecified atom stereocenters. The van der Waals surface area contributed by atoms with Gasteiger partial charge in [-0.1, -0.05) is 45.7 Å². The molecule has 1 rings (SSSR count). The topological polar surface area (TPSA) is 26.3 Å². The lowest BCUT2D eigenvalue weighted by Crippen LogP contribution is -2.05. The molecule has 1 aliphatic rings. The van der Waals surface area contributed by atoms with E-state index in [1.165, 1.54) is 6.92 Å². The molecule has 0 amide bonds. The highest BCUT2D eigenvalue weighted by Gasteiger charge is 2.69. The van der Waals surface area contributed by atoms with Crippen LogP contribution in [0.15, 0.2) is 0 Å². The lowest BCUT2D eigenvalue weighted by atomic mass is 10.1. The van der Waals surface area contributed by atoms with Gasteiger partial charge in [-0.05, 0) is 5.41 Å². The maximum Gasteiger partial charge on any atom is 0.302 e. The average molecular weight is 300 g/mol. The number of carbonyl (C=O) groups is 1. The van der Waals surface area contributed by atoms with Crippen LogP contribution in [0.5, 0.6) is 0 Å². The van der Waals surface area contributed by atoms with Crippen LogP contribution in [-0.2, 0) is 9.53 Å². The summed E-state index contributed by atoms with van der Waals surface area (Å²) in [6.45, 7) is 6.17. The molecule has 1 atom stereocenters. The van der Waals surface area contributed by atoms with Gasteiger partial charge in [0.25, 0.3) is 0 Å². The van der Waals surface area contributed by atoms with Crippen molar-refractivity contribution >= 4 is 37.8 Å². The van der Waals surface area contributed by atoms with Crippen LogP contribution in [0.4, 0.5) is 0 Å². The van der Waals surface area contributed by atoms with Crippen LogP contribution in [0.25, 0.3) is 0 Å². The van der Waals surface area contributed by atoms with E-state index in [4.69, 9.17) is 4.74 Å². The third-order valence-electron chi connectivity index (χ3n) is 2.54. The number of hydrogen-bond donors (Lipinski definition) is 0. The van der Waals surface area contributed by atoms with Crippen LogP contribution < -0.4 is 0 Å². The van der Waals surface area contributed by atoms with E-state index in [0.717, 1.165) is 0 Å². The summed E-state index contributed by atoms with van der Waals surface area (Å²) in [6.07, 6.45) is 0. The van der Waals surface area contributed by atoms with E-state index in [0.29, 0.717) is 12.5 Å². The molecule has 1 fully saturated rings. The minimum Gasteiger partial charge on any atom is -0.465 e. The fraction of sp³-hybridized carbons (Fsp3) is 0.875. The number of rotatable bonds is 2. The first-order valence-electron chi connectivity index (χ1n) is 3.81. The number of carbonyl (C=O) groups excluding carboxylic acids is 1. The molecule has 2 nitrogen and oxygen atoms in total. The fourth-order valence-corrected chi connectivity index (χ4v) is 3.00. The quantitative estimate of drug-likeness (QED) is 0.579. The second-order valence-electron chi connectivity index (χ2n) is 3.70. The summed E-state index contributed by atoms with van der Waals surface area (Å²) in [5, 5.41) is 0. The third-order valence-corrected chi connectivity index (χ3v) is 5.69. The van der Waals surface area contributed by atoms with Crippen LogP contribution in [0, 0.1) is 11.3 Å². The maximum absolute atomic E-state index is 10.5. The predicted molar refractivity (Wildman–Crippen MR) is 54.5 cm³/mol. The zero-order chi connectivity index (χ0) is 9.57. The van der Waals surface area contributed by atoms with Crippen molar-refractivity contribution in [3.8, 4) is 0 Å². The van der Waals surface area contributed by atoms with Crippen molar-refractivity contribution in [3.63, 3.8) is 0 Å². The van der Waals surface area contributed by atoms with Gasteiger partial charge in [-0.3, -0.25) is 4.79 Å². The monoisotopic (exact) mass is 298 g/mol. The molecular formula is C8H12Br2O2. The first kappa shape index (κ1) is 10.5. The Kier molecular flexibility index (Phi) is 2.61. The summed E-state index contributed by atoms with van der Waals surface area (Å²) in [4.78, 5) is 10.5. The van der Waals surface area contributed by atoms with E-state index in [1.54, 1.807) is 0 Å². The Morgan fingerprint density at radius 2 is 1.92 bits per heavy atom. The molecule has 0 saturated heterocycles. The van der Waals surface area contributed by atoms with E-state index < -0.39 is 0 Å². The summed E-state index contributed by atoms with van der Waals surface area (Å²) >= 11 is 7.10. The lowest BCUT2D eigenvalue weighted by Gasteiger charge is -2.01. The molecule has 0 heterocycles. The van der Waals surface area contributed by atoms with Crippen molar-refractivity contribution in [3.05, 3.63) is 0 Å². The van der Waals surface area contributed by atoms with Crippen molar-refractivity contribution in [2.24, 2.45) is 11.3 Å². The molecule has 0 radical (unpaired) electrons. The zero-order valence-corrected chi connectivity index (χ0v) is 10.5. The van der Waals surface area contributed by atoms with Crippen molar-refractivity contribution in [2.45, 2.75) is 24.0 Å². The summed E-state index contributed by atoms with van der Waals surface area (Å²) < 4.78 is 4.88. The van der Waals surface area contributed by atoms with Crippen molar-refractivity contribution in [2.75, 3.05) is 6.61 Å². The summed E-state index contributed by atoms with van der Waals surface area (Å²) in [5.41, 5.74) is 0.155. The van der Waals surface area contributed by atoms with Crippen molar-refractivity contribution < 1.29 is 9.53 Å². The Hall–Kier alpha value is 0.430. The van der Waals surface area contributed by atoms with Crippen molar-refractivity contribution in [1.29, 1.82) is 0 Å². The highest BCUT2D eigenvalue weighted by molar-refractivity contribution is 9.25. The molecule has 0 aliphatic heterocycles.